The molecule has 3 aliphatic carbocycles. The highest BCUT2D eigenvalue weighted by Crippen LogP contribution is 2.65. The maximum absolute atomic E-state index is 16.2. The highest BCUT2D eigenvalue weighted by atomic mass is 32.2. The number of esters is 5. The van der Waals surface area contributed by atoms with Crippen LogP contribution in [0.5, 0.6) is 0 Å². The summed E-state index contributed by atoms with van der Waals surface area (Å²) in [5.41, 5.74) is -7.69. The van der Waals surface area contributed by atoms with Gasteiger partial charge in [-0.25, -0.2) is 9.59 Å². The third-order valence-electron chi connectivity index (χ3n) is 14.6. The third-order valence-corrected chi connectivity index (χ3v) is 15.3. The van der Waals surface area contributed by atoms with Gasteiger partial charge in [-0.1, -0.05) is 80.6 Å². The fourth-order valence-electron chi connectivity index (χ4n) is 11.0. The predicted octanol–water partition coefficient (Wildman–Crippen LogP) is 5.87. The second-order valence-electron chi connectivity index (χ2n) is 19.9. The number of carbonyl (C=O) groups excluding carboxylic acids is 7. The molecule has 3 N–H and O–H groups in total. The van der Waals surface area contributed by atoms with Crippen molar-refractivity contribution in [2.75, 3.05) is 6.61 Å². The summed E-state index contributed by atoms with van der Waals surface area (Å²) in [5, 5.41) is 28.6. The summed E-state index contributed by atoms with van der Waals surface area (Å²) in [6.45, 7) is 10.9. The topological polar surface area (TPSA) is 257 Å². The van der Waals surface area contributed by atoms with E-state index in [1.54, 1.807) is 92.7 Å². The van der Waals surface area contributed by atoms with Crippen molar-refractivity contribution in [1.82, 2.24) is 5.32 Å². The Kier molecular flexibility index (Phi) is 14.9. The van der Waals surface area contributed by atoms with E-state index < -0.39 is 130 Å². The smallest absolute Gasteiger partial charge is 0.338 e. The second kappa shape index (κ2) is 20.1. The van der Waals surface area contributed by atoms with E-state index >= 15 is 4.79 Å². The van der Waals surface area contributed by atoms with Crippen LogP contribution in [0.1, 0.15) is 107 Å². The summed E-state index contributed by atoms with van der Waals surface area (Å²) in [4.78, 5) is 111. The van der Waals surface area contributed by atoms with Gasteiger partial charge in [-0.15, -0.1) is 4.91 Å². The van der Waals surface area contributed by atoms with Crippen molar-refractivity contribution in [1.29, 1.82) is 0 Å². The van der Waals surface area contributed by atoms with E-state index in [9.17, 15) is 43.9 Å². The molecule has 3 fully saturated rings. The molecule has 3 aromatic rings. The van der Waals surface area contributed by atoms with Crippen molar-refractivity contribution in [2.24, 2.45) is 21.3 Å². The van der Waals surface area contributed by atoms with Gasteiger partial charge in [0.05, 0.1) is 36.0 Å². The normalized spacial score (nSPS) is 29.4. The van der Waals surface area contributed by atoms with Gasteiger partial charge in [0, 0.05) is 58.9 Å². The zero-order chi connectivity index (χ0) is 51.8. The van der Waals surface area contributed by atoms with Crippen LogP contribution in [0.4, 0.5) is 0 Å². The number of nitrogens with zero attached hydrogens (tertiary/aromatic N) is 1. The largest absolute Gasteiger partial charge is 0.461 e. The van der Waals surface area contributed by atoms with E-state index in [2.05, 4.69) is 9.90 Å². The number of benzene rings is 3. The molecule has 18 nitrogen and oxygen atoms in total. The number of nitroso groups, excluding NO2 is 1. The van der Waals surface area contributed by atoms with Gasteiger partial charge in [-0.2, -0.15) is 0 Å². The van der Waals surface area contributed by atoms with E-state index in [-0.39, 0.29) is 35.1 Å². The standard InChI is InChI=1S/C52H58N2O16S/c1-28-34(67-47(62)40(58)39(31-18-12-9-13-19-31)53-45(60)32-20-14-10-15-21-32)25-52(63)44(69-46(61)33-22-16-11-17-23-33)42-50(8,43(59)41(66-29(2)55)38(28)49(52,6)7)35(68-37(57)26-48(4,5)71-54-64)24-36-51(42,27-65-36)70-30(3)56/h9-23,34-36,39-42,44,58,63H,24-27H2,1-8H3,(H,53,60)/t34-,35-,36+,39-,40+,41+,42-,44-,50+,51-,52+/m0/s1. The monoisotopic (exact) mass is 998 g/mol. The molecule has 0 radical (unpaired) electrons. The summed E-state index contributed by atoms with van der Waals surface area (Å²) < 4.78 is 39.0. The number of rotatable bonds is 15. The number of hydrogen-bond acceptors (Lipinski definition) is 18. The number of aliphatic hydroxyl groups is 2. The quantitative estimate of drug-likeness (QED) is 0.0529. The van der Waals surface area contributed by atoms with Gasteiger partial charge in [0.25, 0.3) is 5.91 Å². The molecule has 7 rings (SSSR count). The van der Waals surface area contributed by atoms with Gasteiger partial charge < -0.3 is 44.0 Å². The van der Waals surface area contributed by atoms with E-state index in [1.165, 1.54) is 39.8 Å². The Labute approximate surface area is 414 Å². The molecule has 1 saturated heterocycles. The predicted molar refractivity (Wildman–Crippen MR) is 254 cm³/mol. The summed E-state index contributed by atoms with van der Waals surface area (Å²) in [7, 11) is 0. The molecule has 1 aliphatic heterocycles. The maximum atomic E-state index is 16.2. The van der Waals surface area contributed by atoms with E-state index in [4.69, 9.17) is 28.4 Å². The van der Waals surface area contributed by atoms with Crippen molar-refractivity contribution in [2.45, 2.75) is 133 Å². The number of Topliss-reactive ketones (excluding diaryl/α,β-unsaturated/α-hetero) is 1. The van der Waals surface area contributed by atoms with Crippen LogP contribution in [0.3, 0.4) is 0 Å². The Balaban J connectivity index is 1.42. The van der Waals surface area contributed by atoms with Crippen molar-refractivity contribution in [3.63, 3.8) is 0 Å². The minimum absolute atomic E-state index is 0.0189. The Morgan fingerprint density at radius 1 is 0.859 bits per heavy atom. The SMILES string of the molecule is CC(=O)O[C@H]1C(=O)[C@]2(C)[C@@H](OC(=O)CC(C)(C)SN=O)C[C@H]3OC[C@@]3(OC(C)=O)[C@H]2[C@H](OC(=O)c2ccccc2)[C@]2(O)C[C@H](OC(=O)[C@H](O)[C@@H](NC(=O)c3ccccc3)c3ccccc3)C(C)=C1C2(C)C. The minimum Gasteiger partial charge on any atom is -0.461 e. The highest BCUT2D eigenvalue weighted by Gasteiger charge is 2.79. The molecule has 0 unspecified atom stereocenters. The Hall–Kier alpha value is -6.28. The fourth-order valence-corrected chi connectivity index (χ4v) is 11.4. The molecular formula is C52H58N2O16S. The van der Waals surface area contributed by atoms with Gasteiger partial charge in [-0.05, 0) is 68.7 Å². The maximum Gasteiger partial charge on any atom is 0.338 e. The van der Waals surface area contributed by atoms with Crippen LogP contribution in [-0.2, 0) is 52.4 Å². The number of nitrogens with one attached hydrogen (secondary N) is 1. The zero-order valence-electron chi connectivity index (χ0n) is 40.6. The summed E-state index contributed by atoms with van der Waals surface area (Å²) in [6.07, 6.45) is -11.4. The average molecular weight is 999 g/mol. The summed E-state index contributed by atoms with van der Waals surface area (Å²) >= 11 is 0.597. The lowest BCUT2D eigenvalue weighted by Crippen LogP contribution is -2.82. The first-order chi connectivity index (χ1) is 33.4. The molecule has 1 amide bonds. The van der Waals surface area contributed by atoms with E-state index in [0.29, 0.717) is 17.5 Å². The van der Waals surface area contributed by atoms with Crippen LogP contribution in [0.15, 0.2) is 107 Å². The van der Waals surface area contributed by atoms with Crippen LogP contribution in [0.25, 0.3) is 0 Å². The molecule has 3 aromatic carbocycles. The highest BCUT2D eigenvalue weighted by molar-refractivity contribution is 7.99. The number of fused-ring (bicyclic) bond motifs is 5. The molecular weight excluding hydrogens is 941 g/mol. The zero-order valence-corrected chi connectivity index (χ0v) is 41.4. The van der Waals surface area contributed by atoms with Gasteiger partial charge in [0.2, 0.25) is 0 Å². The van der Waals surface area contributed by atoms with Crippen LogP contribution in [-0.4, -0.2) is 111 Å². The molecule has 0 spiro atoms. The number of aliphatic hydroxyl groups excluding tert-OH is 1. The molecule has 378 valence electrons. The number of ketones is 1. The van der Waals surface area contributed by atoms with Gasteiger partial charge in [0.1, 0.15) is 30.0 Å². The minimum atomic E-state index is -2.50. The molecule has 71 heavy (non-hydrogen) atoms. The molecule has 11 atom stereocenters. The molecule has 1 heterocycles. The van der Waals surface area contributed by atoms with Crippen molar-refractivity contribution < 1.29 is 72.2 Å². The second-order valence-corrected chi connectivity index (χ2v) is 21.4. The molecule has 2 saturated carbocycles. The van der Waals surface area contributed by atoms with Crippen molar-refractivity contribution >= 4 is 53.5 Å². The first kappa shape index (κ1) is 52.5. The Bertz CT molecular complexity index is 2610. The third kappa shape index (κ3) is 9.76. The lowest BCUT2D eigenvalue weighted by molar-refractivity contribution is -0.346. The fraction of sp³-hybridized carbons (Fsp3) is 0.481. The van der Waals surface area contributed by atoms with Gasteiger partial charge >= 0.3 is 29.8 Å². The van der Waals surface area contributed by atoms with Crippen molar-refractivity contribution in [3.05, 3.63) is 124 Å². The van der Waals surface area contributed by atoms with Crippen LogP contribution in [0, 0.1) is 21.7 Å². The van der Waals surface area contributed by atoms with Crippen molar-refractivity contribution in [3.8, 4) is 0 Å². The number of amides is 1. The van der Waals surface area contributed by atoms with E-state index in [0.717, 1.165) is 13.8 Å². The Morgan fingerprint density at radius 2 is 1.45 bits per heavy atom. The Morgan fingerprint density at radius 3 is 2.00 bits per heavy atom. The first-order valence-corrected chi connectivity index (χ1v) is 23.9. The van der Waals surface area contributed by atoms with Crippen LogP contribution in [0.2, 0.25) is 0 Å². The number of ether oxygens (including phenoxy) is 6. The first-order valence-electron chi connectivity index (χ1n) is 23.1. The molecule has 0 aromatic heterocycles. The molecule has 4 aliphatic rings. The van der Waals surface area contributed by atoms with E-state index in [1.807, 2.05) is 0 Å². The number of carbonyl (C=O) groups is 7. The van der Waals surface area contributed by atoms with Gasteiger partial charge in [-0.3, -0.25) is 24.0 Å². The van der Waals surface area contributed by atoms with Crippen LogP contribution < -0.4 is 5.32 Å². The number of hydrogen-bond donors (Lipinski definition) is 3. The lowest BCUT2D eigenvalue weighted by Gasteiger charge is -2.67. The van der Waals surface area contributed by atoms with Gasteiger partial charge in [0.15, 0.2) is 23.6 Å². The van der Waals surface area contributed by atoms with Crippen LogP contribution >= 0.6 is 11.9 Å². The molecule has 19 heteroatoms. The lowest BCUT2D eigenvalue weighted by atomic mass is 9.44. The molecule has 2 bridgehead atoms. The average Bonchev–Trinajstić information content (AvgIpc) is 3.31. The summed E-state index contributed by atoms with van der Waals surface area (Å²) in [5.74, 6) is -8.13. The summed E-state index contributed by atoms with van der Waals surface area (Å²) in [6, 6.07) is 22.6.